The van der Waals surface area contributed by atoms with E-state index in [0.717, 1.165) is 0 Å². The maximum Gasteiger partial charge on any atom is 0.113 e. The van der Waals surface area contributed by atoms with E-state index in [2.05, 4.69) is 16.8 Å². The summed E-state index contributed by atoms with van der Waals surface area (Å²) in [5.74, 6) is 5.23. The maximum atomic E-state index is 8.86. The molecule has 0 aliphatic heterocycles. The standard InChI is InChI=1S/C10H8N2O/c1-8(13)2-4-10-5-3-9(6-11)7-12-10/h3,5,7-8,13H,1H3. The van der Waals surface area contributed by atoms with Crippen LogP contribution in [-0.2, 0) is 0 Å². The minimum absolute atomic E-state index is 0.502. The van der Waals surface area contributed by atoms with Gasteiger partial charge in [0.15, 0.2) is 0 Å². The first-order chi connectivity index (χ1) is 6.22. The first-order valence-electron chi connectivity index (χ1n) is 3.78. The second kappa shape index (κ2) is 4.25. The number of aliphatic hydroxyl groups is 1. The summed E-state index contributed by atoms with van der Waals surface area (Å²) in [5, 5.41) is 17.3. The lowest BCUT2D eigenvalue weighted by Gasteiger charge is -1.90. The van der Waals surface area contributed by atoms with Crippen LogP contribution >= 0.6 is 0 Å². The van der Waals surface area contributed by atoms with Crippen LogP contribution in [0.5, 0.6) is 0 Å². The van der Waals surface area contributed by atoms with Gasteiger partial charge in [-0.05, 0) is 25.0 Å². The van der Waals surface area contributed by atoms with Gasteiger partial charge in [0, 0.05) is 6.20 Å². The van der Waals surface area contributed by atoms with Crippen LogP contribution in [0.2, 0.25) is 0 Å². The number of aromatic nitrogens is 1. The van der Waals surface area contributed by atoms with Crippen LogP contribution in [-0.4, -0.2) is 16.2 Å². The van der Waals surface area contributed by atoms with E-state index < -0.39 is 6.10 Å². The van der Waals surface area contributed by atoms with E-state index in [9.17, 15) is 0 Å². The van der Waals surface area contributed by atoms with Gasteiger partial charge in [-0.15, -0.1) is 0 Å². The minimum atomic E-state index is -0.655. The molecule has 1 aromatic rings. The highest BCUT2D eigenvalue weighted by molar-refractivity contribution is 5.33. The van der Waals surface area contributed by atoms with Crippen LogP contribution in [0.4, 0.5) is 0 Å². The molecule has 0 bridgehead atoms. The number of hydrogen-bond acceptors (Lipinski definition) is 3. The number of rotatable bonds is 0. The van der Waals surface area contributed by atoms with Crippen LogP contribution in [0, 0.1) is 23.2 Å². The van der Waals surface area contributed by atoms with E-state index >= 15 is 0 Å². The third kappa shape index (κ3) is 2.94. The average molecular weight is 172 g/mol. The van der Waals surface area contributed by atoms with Gasteiger partial charge in [-0.2, -0.15) is 5.26 Å². The fraction of sp³-hybridized carbons (Fsp3) is 0.200. The van der Waals surface area contributed by atoms with Crippen LogP contribution < -0.4 is 0 Å². The highest BCUT2D eigenvalue weighted by atomic mass is 16.3. The van der Waals surface area contributed by atoms with Crippen LogP contribution in [0.3, 0.4) is 0 Å². The van der Waals surface area contributed by atoms with E-state index in [-0.39, 0.29) is 0 Å². The number of nitriles is 1. The molecule has 1 N–H and O–H groups in total. The Morgan fingerprint density at radius 1 is 1.54 bits per heavy atom. The monoisotopic (exact) mass is 172 g/mol. The Balaban J connectivity index is 2.84. The Morgan fingerprint density at radius 3 is 2.77 bits per heavy atom. The smallest absolute Gasteiger partial charge is 0.113 e. The van der Waals surface area contributed by atoms with Gasteiger partial charge in [0.1, 0.15) is 17.9 Å². The SMILES string of the molecule is CC(O)C#Cc1ccc(C#N)cn1. The predicted molar refractivity (Wildman–Crippen MR) is 47.5 cm³/mol. The van der Waals surface area contributed by atoms with Crippen molar-refractivity contribution in [2.24, 2.45) is 0 Å². The zero-order valence-corrected chi connectivity index (χ0v) is 7.15. The Kier molecular flexibility index (Phi) is 3.03. The molecule has 1 rings (SSSR count). The summed E-state index contributed by atoms with van der Waals surface area (Å²) in [4.78, 5) is 3.91. The zero-order valence-electron chi connectivity index (χ0n) is 7.15. The lowest BCUT2D eigenvalue weighted by atomic mass is 10.2. The number of pyridine rings is 1. The van der Waals surface area contributed by atoms with Crippen molar-refractivity contribution in [3.05, 3.63) is 29.6 Å². The number of aliphatic hydroxyl groups excluding tert-OH is 1. The van der Waals surface area contributed by atoms with Crippen molar-refractivity contribution < 1.29 is 5.11 Å². The van der Waals surface area contributed by atoms with Crippen molar-refractivity contribution in [1.29, 1.82) is 5.26 Å². The van der Waals surface area contributed by atoms with E-state index in [0.29, 0.717) is 11.3 Å². The molecule has 0 spiro atoms. The molecule has 0 saturated carbocycles. The Labute approximate surface area is 76.7 Å². The van der Waals surface area contributed by atoms with Gasteiger partial charge < -0.3 is 5.11 Å². The molecule has 1 unspecified atom stereocenters. The van der Waals surface area contributed by atoms with Gasteiger partial charge in [-0.3, -0.25) is 0 Å². The molecule has 0 aliphatic carbocycles. The molecule has 0 aliphatic rings. The van der Waals surface area contributed by atoms with E-state index in [1.165, 1.54) is 6.20 Å². The molecular weight excluding hydrogens is 164 g/mol. The van der Waals surface area contributed by atoms with Gasteiger partial charge in [-0.25, -0.2) is 4.98 Å². The predicted octanol–water partition coefficient (Wildman–Crippen LogP) is 0.686. The number of nitrogens with zero attached hydrogens (tertiary/aromatic N) is 2. The Hall–Kier alpha value is -1.84. The Bertz CT molecular complexity index is 376. The molecular formula is C10H8N2O. The zero-order chi connectivity index (χ0) is 9.68. The molecule has 1 heterocycles. The first kappa shape index (κ1) is 9.25. The lowest BCUT2D eigenvalue weighted by Crippen LogP contribution is -1.93. The topological polar surface area (TPSA) is 56.9 Å². The average Bonchev–Trinajstić information content (AvgIpc) is 2.15. The molecule has 1 atom stereocenters. The van der Waals surface area contributed by atoms with Gasteiger partial charge >= 0.3 is 0 Å². The van der Waals surface area contributed by atoms with Crippen molar-refractivity contribution >= 4 is 0 Å². The molecule has 0 radical (unpaired) electrons. The van der Waals surface area contributed by atoms with Crippen molar-refractivity contribution in [3.63, 3.8) is 0 Å². The van der Waals surface area contributed by atoms with Gasteiger partial charge in [-0.1, -0.05) is 5.92 Å². The summed E-state index contributed by atoms with van der Waals surface area (Å²) in [6, 6.07) is 5.24. The number of hydrogen-bond donors (Lipinski definition) is 1. The summed E-state index contributed by atoms with van der Waals surface area (Å²) in [5.41, 5.74) is 1.06. The fourth-order valence-corrected chi connectivity index (χ4v) is 0.712. The maximum absolute atomic E-state index is 8.86. The van der Waals surface area contributed by atoms with E-state index in [1.54, 1.807) is 19.1 Å². The molecule has 0 fully saturated rings. The van der Waals surface area contributed by atoms with Crippen molar-refractivity contribution in [3.8, 4) is 17.9 Å². The second-order valence-corrected chi connectivity index (χ2v) is 2.49. The van der Waals surface area contributed by atoms with Crippen molar-refractivity contribution in [2.45, 2.75) is 13.0 Å². The largest absolute Gasteiger partial charge is 0.381 e. The summed E-state index contributed by atoms with van der Waals surface area (Å²) >= 11 is 0. The fourth-order valence-electron chi connectivity index (χ4n) is 0.712. The molecule has 3 heteroatoms. The lowest BCUT2D eigenvalue weighted by molar-refractivity contribution is 0.253. The third-order valence-electron chi connectivity index (χ3n) is 1.30. The normalized spacial score (nSPS) is 10.8. The van der Waals surface area contributed by atoms with Crippen LogP contribution in [0.25, 0.3) is 0 Å². The van der Waals surface area contributed by atoms with Crippen LogP contribution in [0.1, 0.15) is 18.2 Å². The molecule has 1 aromatic heterocycles. The summed E-state index contributed by atoms with van der Waals surface area (Å²) in [6.07, 6.45) is 0.795. The van der Waals surface area contributed by atoms with E-state index in [4.69, 9.17) is 10.4 Å². The molecule has 13 heavy (non-hydrogen) atoms. The quantitative estimate of drug-likeness (QED) is 0.585. The second-order valence-electron chi connectivity index (χ2n) is 2.49. The molecule has 0 amide bonds. The highest BCUT2D eigenvalue weighted by Crippen LogP contribution is 1.96. The van der Waals surface area contributed by atoms with Crippen LogP contribution in [0.15, 0.2) is 18.3 Å². The summed E-state index contributed by atoms with van der Waals surface area (Å²) < 4.78 is 0. The summed E-state index contributed by atoms with van der Waals surface area (Å²) in [7, 11) is 0. The molecule has 64 valence electrons. The van der Waals surface area contributed by atoms with E-state index in [1.807, 2.05) is 6.07 Å². The first-order valence-corrected chi connectivity index (χ1v) is 3.78. The van der Waals surface area contributed by atoms with Gasteiger partial charge in [0.05, 0.1) is 5.56 Å². The molecule has 0 aromatic carbocycles. The Morgan fingerprint density at radius 2 is 2.31 bits per heavy atom. The molecule has 3 nitrogen and oxygen atoms in total. The van der Waals surface area contributed by atoms with Crippen molar-refractivity contribution in [1.82, 2.24) is 4.98 Å². The third-order valence-corrected chi connectivity index (χ3v) is 1.30. The van der Waals surface area contributed by atoms with Gasteiger partial charge in [0.2, 0.25) is 0 Å². The molecule has 0 saturated heterocycles. The van der Waals surface area contributed by atoms with Gasteiger partial charge in [0.25, 0.3) is 0 Å². The van der Waals surface area contributed by atoms with Crippen molar-refractivity contribution in [2.75, 3.05) is 0 Å². The summed E-state index contributed by atoms with van der Waals surface area (Å²) in [6.45, 7) is 1.58. The highest BCUT2D eigenvalue weighted by Gasteiger charge is 1.91. The minimum Gasteiger partial charge on any atom is -0.381 e.